The van der Waals surface area contributed by atoms with E-state index < -0.39 is 0 Å². The molecule has 0 spiro atoms. The molecule has 0 aliphatic carbocycles. The van der Waals surface area contributed by atoms with Gasteiger partial charge in [-0.2, -0.15) is 0 Å². The normalized spacial score (nSPS) is 22.0. The van der Waals surface area contributed by atoms with E-state index in [-0.39, 0.29) is 49.4 Å². The quantitative estimate of drug-likeness (QED) is 0.661. The molecule has 168 valence electrons. The number of rotatable bonds is 5. The molecule has 0 saturated carbocycles. The Labute approximate surface area is 193 Å². The summed E-state index contributed by atoms with van der Waals surface area (Å²) in [6.07, 6.45) is 1.85. The molecule has 0 bridgehead atoms. The van der Waals surface area contributed by atoms with E-state index in [0.717, 1.165) is 11.1 Å². The monoisotopic (exact) mass is 441 g/mol. The molecule has 3 atom stereocenters. The number of aromatic nitrogens is 1. The van der Waals surface area contributed by atoms with Crippen LogP contribution >= 0.6 is 0 Å². The summed E-state index contributed by atoms with van der Waals surface area (Å²) in [5.74, 6) is -0.203. The highest BCUT2D eigenvalue weighted by molar-refractivity contribution is 5.88. The second kappa shape index (κ2) is 8.79. The van der Waals surface area contributed by atoms with Gasteiger partial charge in [0.1, 0.15) is 0 Å². The number of carbonyl (C=O) groups is 2. The van der Waals surface area contributed by atoms with Crippen molar-refractivity contribution >= 4 is 11.8 Å². The van der Waals surface area contributed by atoms with Crippen LogP contribution in [-0.2, 0) is 16.0 Å². The number of hydrogen-bond donors (Lipinski definition) is 1. The van der Waals surface area contributed by atoms with E-state index in [9.17, 15) is 14.7 Å². The Balaban J connectivity index is 1.35. The summed E-state index contributed by atoms with van der Waals surface area (Å²) in [7, 11) is 0. The van der Waals surface area contributed by atoms with E-state index in [1.165, 1.54) is 11.1 Å². The van der Waals surface area contributed by atoms with E-state index >= 15 is 0 Å². The summed E-state index contributed by atoms with van der Waals surface area (Å²) in [4.78, 5) is 33.4. The number of fused-ring (bicyclic) bond motifs is 1. The zero-order valence-corrected chi connectivity index (χ0v) is 18.6. The lowest BCUT2D eigenvalue weighted by Gasteiger charge is -2.58. The van der Waals surface area contributed by atoms with Gasteiger partial charge in [-0.25, -0.2) is 0 Å². The highest BCUT2D eigenvalue weighted by Crippen LogP contribution is 2.43. The van der Waals surface area contributed by atoms with E-state index in [2.05, 4.69) is 48.3 Å². The van der Waals surface area contributed by atoms with Crippen molar-refractivity contribution in [2.75, 3.05) is 19.7 Å². The maximum atomic E-state index is 12.9. The molecule has 5 rings (SSSR count). The molecular weight excluding hydrogens is 414 g/mol. The molecule has 0 unspecified atom stereocenters. The largest absolute Gasteiger partial charge is 0.394 e. The molecule has 3 heterocycles. The number of amides is 2. The molecule has 1 aromatic heterocycles. The lowest BCUT2D eigenvalue weighted by atomic mass is 9.73. The Hall–Kier alpha value is -3.51. The first kappa shape index (κ1) is 21.3. The minimum absolute atomic E-state index is 0.00433. The van der Waals surface area contributed by atoms with Crippen molar-refractivity contribution in [1.82, 2.24) is 14.8 Å². The molecule has 0 radical (unpaired) electrons. The lowest BCUT2D eigenvalue weighted by molar-refractivity contribution is -0.166. The summed E-state index contributed by atoms with van der Waals surface area (Å²) in [6.45, 7) is 2.53. The zero-order chi connectivity index (χ0) is 22.9. The van der Waals surface area contributed by atoms with Gasteiger partial charge in [0.15, 0.2) is 0 Å². The Morgan fingerprint density at radius 2 is 1.82 bits per heavy atom. The van der Waals surface area contributed by atoms with Gasteiger partial charge in [0.05, 0.1) is 31.7 Å². The molecular formula is C27H27N3O3. The van der Waals surface area contributed by atoms with Gasteiger partial charge in [-0.3, -0.25) is 14.6 Å². The third-order valence-corrected chi connectivity index (χ3v) is 6.92. The summed E-state index contributed by atoms with van der Waals surface area (Å²) >= 11 is 0. The number of nitrogens with zero attached hydrogens (tertiary/aromatic N) is 3. The molecule has 2 amide bonds. The average Bonchev–Trinajstić information content (AvgIpc) is 2.82. The van der Waals surface area contributed by atoms with Crippen LogP contribution in [0, 0.1) is 6.92 Å². The fourth-order valence-corrected chi connectivity index (χ4v) is 5.24. The van der Waals surface area contributed by atoms with Gasteiger partial charge >= 0.3 is 0 Å². The first-order valence-corrected chi connectivity index (χ1v) is 11.3. The van der Waals surface area contributed by atoms with Crippen molar-refractivity contribution in [3.05, 3.63) is 89.7 Å². The molecule has 2 aromatic carbocycles. The second-order valence-electron chi connectivity index (χ2n) is 8.85. The van der Waals surface area contributed by atoms with Crippen molar-refractivity contribution in [2.45, 2.75) is 31.3 Å². The maximum Gasteiger partial charge on any atom is 0.242 e. The van der Waals surface area contributed by atoms with Crippen molar-refractivity contribution in [1.29, 1.82) is 0 Å². The van der Waals surface area contributed by atoms with Crippen LogP contribution < -0.4 is 0 Å². The fourth-order valence-electron chi connectivity index (χ4n) is 5.24. The number of hydrogen-bond acceptors (Lipinski definition) is 4. The predicted molar refractivity (Wildman–Crippen MR) is 125 cm³/mol. The van der Waals surface area contributed by atoms with Crippen LogP contribution in [-0.4, -0.2) is 63.5 Å². The molecule has 2 fully saturated rings. The Morgan fingerprint density at radius 1 is 1.06 bits per heavy atom. The average molecular weight is 442 g/mol. The van der Waals surface area contributed by atoms with Crippen molar-refractivity contribution in [2.24, 2.45) is 0 Å². The van der Waals surface area contributed by atoms with Crippen LogP contribution in [0.5, 0.6) is 0 Å². The zero-order valence-electron chi connectivity index (χ0n) is 18.6. The number of carbonyl (C=O) groups excluding carboxylic acids is 2. The first-order chi connectivity index (χ1) is 16.1. The topological polar surface area (TPSA) is 73.7 Å². The molecule has 2 aliphatic rings. The van der Waals surface area contributed by atoms with Gasteiger partial charge < -0.3 is 14.9 Å². The van der Waals surface area contributed by atoms with Gasteiger partial charge in [-0.1, -0.05) is 54.6 Å². The van der Waals surface area contributed by atoms with E-state index in [1.54, 1.807) is 16.0 Å². The van der Waals surface area contributed by atoms with Crippen LogP contribution in [0.2, 0.25) is 0 Å². The fraction of sp³-hybridized carbons (Fsp3) is 0.296. The smallest absolute Gasteiger partial charge is 0.242 e. The SMILES string of the molecule is Cc1ccccc1-c1ccc([C@H]2[C@H](CO)N3C(=O)CN(C(=O)Cc4ccccn4)C[C@@H]23)cc1. The molecule has 33 heavy (non-hydrogen) atoms. The minimum Gasteiger partial charge on any atom is -0.394 e. The van der Waals surface area contributed by atoms with Gasteiger partial charge in [0.25, 0.3) is 0 Å². The number of pyridine rings is 1. The molecule has 2 saturated heterocycles. The summed E-state index contributed by atoms with van der Waals surface area (Å²) in [5.41, 5.74) is 5.33. The predicted octanol–water partition coefficient (Wildman–Crippen LogP) is 2.80. The lowest BCUT2D eigenvalue weighted by Crippen LogP contribution is -2.73. The molecule has 2 aliphatic heterocycles. The molecule has 6 nitrogen and oxygen atoms in total. The van der Waals surface area contributed by atoms with Gasteiger partial charge in [0.2, 0.25) is 11.8 Å². The summed E-state index contributed by atoms with van der Waals surface area (Å²) < 4.78 is 0. The van der Waals surface area contributed by atoms with Gasteiger partial charge in [-0.15, -0.1) is 0 Å². The number of piperazine rings is 1. The summed E-state index contributed by atoms with van der Waals surface area (Å²) in [6, 6.07) is 21.8. The molecule has 6 heteroatoms. The van der Waals surface area contributed by atoms with Gasteiger partial charge in [0, 0.05) is 24.4 Å². The highest BCUT2D eigenvalue weighted by Gasteiger charge is 2.54. The Kier molecular flexibility index (Phi) is 5.68. The van der Waals surface area contributed by atoms with Crippen LogP contribution in [0.25, 0.3) is 11.1 Å². The molecule has 1 N–H and O–H groups in total. The van der Waals surface area contributed by atoms with Crippen molar-refractivity contribution < 1.29 is 14.7 Å². The van der Waals surface area contributed by atoms with Crippen molar-refractivity contribution in [3.8, 4) is 11.1 Å². The van der Waals surface area contributed by atoms with Crippen LogP contribution in [0.3, 0.4) is 0 Å². The standard InChI is InChI=1S/C27H27N3O3/c1-18-6-2-3-8-22(18)19-9-11-20(12-10-19)27-23-15-29(16-26(33)30(23)24(27)17-31)25(32)14-21-7-4-5-13-28-21/h2-13,23-24,27,31H,14-17H2,1H3/t23-,24-,27+/m0/s1. The van der Waals surface area contributed by atoms with E-state index in [0.29, 0.717) is 12.2 Å². The number of aryl methyl sites for hydroxylation is 1. The minimum atomic E-state index is -0.250. The highest BCUT2D eigenvalue weighted by atomic mass is 16.3. The van der Waals surface area contributed by atoms with Crippen LogP contribution in [0.15, 0.2) is 72.9 Å². The maximum absolute atomic E-state index is 12.9. The number of aliphatic hydroxyl groups is 1. The number of aliphatic hydroxyl groups excluding tert-OH is 1. The molecule has 3 aromatic rings. The number of benzene rings is 2. The van der Waals surface area contributed by atoms with E-state index in [1.807, 2.05) is 30.3 Å². The van der Waals surface area contributed by atoms with Crippen LogP contribution in [0.1, 0.15) is 22.7 Å². The van der Waals surface area contributed by atoms with E-state index in [4.69, 9.17) is 0 Å². The van der Waals surface area contributed by atoms with Crippen LogP contribution in [0.4, 0.5) is 0 Å². The Morgan fingerprint density at radius 3 is 2.52 bits per heavy atom. The van der Waals surface area contributed by atoms with Crippen molar-refractivity contribution in [3.63, 3.8) is 0 Å². The Bertz CT molecular complexity index is 1160. The third-order valence-electron chi connectivity index (χ3n) is 6.92. The second-order valence-corrected chi connectivity index (χ2v) is 8.85. The summed E-state index contributed by atoms with van der Waals surface area (Å²) in [5, 5.41) is 10.0. The first-order valence-electron chi connectivity index (χ1n) is 11.3. The van der Waals surface area contributed by atoms with Gasteiger partial charge in [-0.05, 0) is 41.3 Å². The third kappa shape index (κ3) is 3.91.